The van der Waals surface area contributed by atoms with Crippen LogP contribution in [0.2, 0.25) is 0 Å². The van der Waals surface area contributed by atoms with Gasteiger partial charge in [-0.1, -0.05) is 18.2 Å². The summed E-state index contributed by atoms with van der Waals surface area (Å²) in [5.41, 5.74) is 7.74. The Hall–Kier alpha value is -2.69. The SMILES string of the molecule is NC(=O)Cc1nn(-c2cccnc2)c2ccccc12. The Kier molecular flexibility index (Phi) is 2.72. The summed E-state index contributed by atoms with van der Waals surface area (Å²) in [5.74, 6) is -0.387. The number of nitrogens with zero attached hydrogens (tertiary/aromatic N) is 3. The van der Waals surface area contributed by atoms with Crippen LogP contribution in [-0.2, 0) is 11.2 Å². The number of amides is 1. The first kappa shape index (κ1) is 11.4. The van der Waals surface area contributed by atoms with Crippen LogP contribution in [0.25, 0.3) is 16.6 Å². The largest absolute Gasteiger partial charge is 0.369 e. The first-order chi connectivity index (χ1) is 9.25. The third-order valence-corrected chi connectivity index (χ3v) is 2.90. The molecule has 0 atom stereocenters. The summed E-state index contributed by atoms with van der Waals surface area (Å²) in [6, 6.07) is 11.5. The van der Waals surface area contributed by atoms with Crippen LogP contribution >= 0.6 is 0 Å². The maximum atomic E-state index is 11.1. The maximum Gasteiger partial charge on any atom is 0.223 e. The van der Waals surface area contributed by atoms with Crippen molar-refractivity contribution >= 4 is 16.8 Å². The maximum absolute atomic E-state index is 11.1. The van der Waals surface area contributed by atoms with Gasteiger partial charge in [-0.15, -0.1) is 0 Å². The summed E-state index contributed by atoms with van der Waals surface area (Å²) < 4.78 is 1.78. The minimum absolute atomic E-state index is 0.133. The average molecular weight is 252 g/mol. The predicted molar refractivity (Wildman–Crippen MR) is 71.8 cm³/mol. The number of para-hydroxylation sites is 1. The number of hydrogen-bond acceptors (Lipinski definition) is 3. The van der Waals surface area contributed by atoms with Crippen molar-refractivity contribution in [1.29, 1.82) is 0 Å². The van der Waals surface area contributed by atoms with Crippen molar-refractivity contribution in [2.75, 3.05) is 0 Å². The van der Waals surface area contributed by atoms with E-state index in [0.717, 1.165) is 16.6 Å². The molecule has 5 nitrogen and oxygen atoms in total. The van der Waals surface area contributed by atoms with E-state index in [1.807, 2.05) is 36.4 Å². The summed E-state index contributed by atoms with van der Waals surface area (Å²) in [4.78, 5) is 15.2. The van der Waals surface area contributed by atoms with Crippen LogP contribution in [0.5, 0.6) is 0 Å². The van der Waals surface area contributed by atoms with Gasteiger partial charge in [-0.3, -0.25) is 9.78 Å². The van der Waals surface area contributed by atoms with Gasteiger partial charge in [0.1, 0.15) is 0 Å². The van der Waals surface area contributed by atoms with Gasteiger partial charge in [-0.25, -0.2) is 4.68 Å². The van der Waals surface area contributed by atoms with Crippen molar-refractivity contribution in [2.45, 2.75) is 6.42 Å². The molecule has 0 saturated heterocycles. The highest BCUT2D eigenvalue weighted by Gasteiger charge is 2.12. The van der Waals surface area contributed by atoms with Gasteiger partial charge in [0.05, 0.1) is 29.5 Å². The molecule has 1 amide bonds. The van der Waals surface area contributed by atoms with Gasteiger partial charge < -0.3 is 5.73 Å². The number of primary amides is 1. The van der Waals surface area contributed by atoms with Crippen molar-refractivity contribution in [1.82, 2.24) is 14.8 Å². The zero-order valence-electron chi connectivity index (χ0n) is 10.2. The molecule has 1 aromatic carbocycles. The fourth-order valence-corrected chi connectivity index (χ4v) is 2.10. The summed E-state index contributed by atoms with van der Waals surface area (Å²) in [7, 11) is 0. The fraction of sp³-hybridized carbons (Fsp3) is 0.0714. The van der Waals surface area contributed by atoms with E-state index in [1.54, 1.807) is 17.1 Å². The highest BCUT2D eigenvalue weighted by molar-refractivity contribution is 5.88. The van der Waals surface area contributed by atoms with Crippen LogP contribution < -0.4 is 5.73 Å². The molecule has 2 aromatic heterocycles. The van der Waals surface area contributed by atoms with Gasteiger partial charge >= 0.3 is 0 Å². The van der Waals surface area contributed by atoms with E-state index in [2.05, 4.69) is 10.1 Å². The monoisotopic (exact) mass is 252 g/mol. The van der Waals surface area contributed by atoms with Crippen LogP contribution in [0.1, 0.15) is 5.69 Å². The lowest BCUT2D eigenvalue weighted by Gasteiger charge is -2.01. The second kappa shape index (κ2) is 4.53. The lowest BCUT2D eigenvalue weighted by atomic mass is 10.1. The number of carbonyl (C=O) groups excluding carboxylic acids is 1. The number of aromatic nitrogens is 3. The molecule has 0 unspecified atom stereocenters. The number of nitrogens with two attached hydrogens (primary N) is 1. The van der Waals surface area contributed by atoms with Crippen molar-refractivity contribution in [3.8, 4) is 5.69 Å². The van der Waals surface area contributed by atoms with Crippen molar-refractivity contribution in [3.05, 3.63) is 54.5 Å². The zero-order chi connectivity index (χ0) is 13.2. The number of pyridine rings is 1. The Morgan fingerprint density at radius 1 is 1.21 bits per heavy atom. The highest BCUT2D eigenvalue weighted by Crippen LogP contribution is 2.21. The van der Waals surface area contributed by atoms with Gasteiger partial charge in [-0.05, 0) is 18.2 Å². The fourth-order valence-electron chi connectivity index (χ4n) is 2.10. The van der Waals surface area contributed by atoms with Gasteiger partial charge in [0.15, 0.2) is 0 Å². The Bertz CT molecular complexity index is 734. The molecule has 0 radical (unpaired) electrons. The van der Waals surface area contributed by atoms with E-state index in [9.17, 15) is 4.79 Å². The quantitative estimate of drug-likeness (QED) is 0.766. The first-order valence-electron chi connectivity index (χ1n) is 5.91. The highest BCUT2D eigenvalue weighted by atomic mass is 16.1. The molecule has 0 bridgehead atoms. The van der Waals surface area contributed by atoms with Crippen LogP contribution in [-0.4, -0.2) is 20.7 Å². The second-order valence-electron chi connectivity index (χ2n) is 4.23. The molecular formula is C14H12N4O. The average Bonchev–Trinajstić information content (AvgIpc) is 2.78. The third kappa shape index (κ3) is 2.06. The smallest absolute Gasteiger partial charge is 0.223 e. The molecule has 94 valence electrons. The molecule has 0 saturated carbocycles. The molecule has 0 spiro atoms. The number of rotatable bonds is 3. The van der Waals surface area contributed by atoms with Crippen LogP contribution in [0, 0.1) is 0 Å². The summed E-state index contributed by atoms with van der Waals surface area (Å²) >= 11 is 0. The van der Waals surface area contributed by atoms with E-state index in [-0.39, 0.29) is 12.3 Å². The van der Waals surface area contributed by atoms with Gasteiger partial charge in [0.2, 0.25) is 5.91 Å². The lowest BCUT2D eigenvalue weighted by Crippen LogP contribution is -2.14. The summed E-state index contributed by atoms with van der Waals surface area (Å²) in [5, 5.41) is 5.41. The lowest BCUT2D eigenvalue weighted by molar-refractivity contribution is -0.117. The van der Waals surface area contributed by atoms with Crippen LogP contribution in [0.3, 0.4) is 0 Å². The van der Waals surface area contributed by atoms with Crippen molar-refractivity contribution < 1.29 is 4.79 Å². The van der Waals surface area contributed by atoms with E-state index in [0.29, 0.717) is 5.69 Å². The third-order valence-electron chi connectivity index (χ3n) is 2.90. The number of hydrogen-bond donors (Lipinski definition) is 1. The van der Waals surface area contributed by atoms with Crippen LogP contribution in [0.4, 0.5) is 0 Å². The summed E-state index contributed by atoms with van der Waals surface area (Å²) in [6.45, 7) is 0. The second-order valence-corrected chi connectivity index (χ2v) is 4.23. The minimum atomic E-state index is -0.387. The Labute approximate surface area is 109 Å². The van der Waals surface area contributed by atoms with E-state index >= 15 is 0 Å². The molecule has 5 heteroatoms. The molecule has 0 fully saturated rings. The molecular weight excluding hydrogens is 240 g/mol. The predicted octanol–water partition coefficient (Wildman–Crippen LogP) is 1.45. The number of benzene rings is 1. The zero-order valence-corrected chi connectivity index (χ0v) is 10.2. The van der Waals surface area contributed by atoms with Crippen molar-refractivity contribution in [2.24, 2.45) is 5.73 Å². The standard InChI is InChI=1S/C14H12N4O/c15-14(19)8-12-11-5-1-2-6-13(11)18(17-12)10-4-3-7-16-9-10/h1-7,9H,8H2,(H2,15,19). The molecule has 2 heterocycles. The van der Waals surface area contributed by atoms with E-state index in [1.165, 1.54) is 0 Å². The van der Waals surface area contributed by atoms with Gasteiger partial charge in [0, 0.05) is 11.6 Å². The van der Waals surface area contributed by atoms with Crippen molar-refractivity contribution in [3.63, 3.8) is 0 Å². The molecule has 0 aliphatic heterocycles. The molecule has 0 aliphatic rings. The number of fused-ring (bicyclic) bond motifs is 1. The minimum Gasteiger partial charge on any atom is -0.369 e. The molecule has 19 heavy (non-hydrogen) atoms. The van der Waals surface area contributed by atoms with E-state index < -0.39 is 0 Å². The normalized spacial score (nSPS) is 10.7. The molecule has 3 rings (SSSR count). The Balaban J connectivity index is 2.23. The van der Waals surface area contributed by atoms with Gasteiger partial charge in [0.25, 0.3) is 0 Å². The van der Waals surface area contributed by atoms with Gasteiger partial charge in [-0.2, -0.15) is 5.10 Å². The topological polar surface area (TPSA) is 73.8 Å². The Morgan fingerprint density at radius 2 is 2.05 bits per heavy atom. The first-order valence-corrected chi connectivity index (χ1v) is 5.91. The molecule has 2 N–H and O–H groups in total. The summed E-state index contributed by atoms with van der Waals surface area (Å²) in [6.07, 6.45) is 3.57. The molecule has 0 aliphatic carbocycles. The van der Waals surface area contributed by atoms with E-state index in [4.69, 9.17) is 5.73 Å². The molecule has 3 aromatic rings. The Morgan fingerprint density at radius 3 is 2.79 bits per heavy atom. The van der Waals surface area contributed by atoms with Crippen LogP contribution in [0.15, 0.2) is 48.8 Å². The number of carbonyl (C=O) groups is 1.